The molecule has 2 aromatic rings. The molecule has 0 unspecified atom stereocenters. The van der Waals surface area contributed by atoms with Crippen LogP contribution in [0.2, 0.25) is 0 Å². The predicted molar refractivity (Wildman–Crippen MR) is 87.7 cm³/mol. The largest absolute Gasteiger partial charge is 0.365 e. The zero-order valence-corrected chi connectivity index (χ0v) is 13.4. The van der Waals surface area contributed by atoms with Gasteiger partial charge in [0.1, 0.15) is 0 Å². The lowest BCUT2D eigenvalue weighted by Crippen LogP contribution is -2.39. The van der Waals surface area contributed by atoms with Crippen LogP contribution in [0.5, 0.6) is 0 Å². The summed E-state index contributed by atoms with van der Waals surface area (Å²) in [5.74, 6) is -5.71. The van der Waals surface area contributed by atoms with Gasteiger partial charge in [0.05, 0.1) is 18.8 Å². The Morgan fingerprint density at radius 2 is 1.64 bits per heavy atom. The Hall–Kier alpha value is -3.03. The van der Waals surface area contributed by atoms with Gasteiger partial charge in [-0.2, -0.15) is 0 Å². The lowest BCUT2D eigenvalue weighted by molar-refractivity contribution is -0.123. The van der Waals surface area contributed by atoms with Gasteiger partial charge in [0, 0.05) is 12.7 Å². The third-order valence-electron chi connectivity index (χ3n) is 3.33. The second-order valence-electron chi connectivity index (χ2n) is 5.24. The minimum atomic E-state index is -1.67. The summed E-state index contributed by atoms with van der Waals surface area (Å²) in [4.78, 5) is 25.2. The number of benzene rings is 2. The van der Waals surface area contributed by atoms with Crippen LogP contribution in [-0.2, 0) is 9.59 Å². The van der Waals surface area contributed by atoms with Crippen molar-refractivity contribution in [1.29, 1.82) is 0 Å². The highest BCUT2D eigenvalue weighted by Crippen LogP contribution is 2.19. The zero-order chi connectivity index (χ0) is 18.4. The number of carbonyl (C=O) groups is 2. The zero-order valence-electron chi connectivity index (χ0n) is 13.4. The van der Waals surface area contributed by atoms with E-state index in [0.29, 0.717) is 6.07 Å². The van der Waals surface area contributed by atoms with Crippen LogP contribution in [0, 0.1) is 17.5 Å². The van der Waals surface area contributed by atoms with Crippen LogP contribution in [0.15, 0.2) is 42.5 Å². The molecule has 0 spiro atoms. The first kappa shape index (κ1) is 18.3. The molecule has 2 aromatic carbocycles. The highest BCUT2D eigenvalue weighted by molar-refractivity contribution is 5.95. The van der Waals surface area contributed by atoms with Crippen LogP contribution < -0.4 is 15.5 Å². The molecule has 0 aliphatic carbocycles. The van der Waals surface area contributed by atoms with Crippen LogP contribution in [0.3, 0.4) is 0 Å². The first-order chi connectivity index (χ1) is 11.9. The van der Waals surface area contributed by atoms with Crippen LogP contribution >= 0.6 is 0 Å². The summed E-state index contributed by atoms with van der Waals surface area (Å²) >= 11 is 0. The number of likely N-dealkylation sites (N-methyl/N-ethyl adjacent to an activating group) is 1. The Kier molecular flexibility index (Phi) is 5.99. The van der Waals surface area contributed by atoms with Crippen LogP contribution in [-0.4, -0.2) is 32.0 Å². The van der Waals surface area contributed by atoms with Crippen molar-refractivity contribution in [2.24, 2.45) is 0 Å². The molecule has 0 saturated heterocycles. The van der Waals surface area contributed by atoms with E-state index in [1.165, 1.54) is 0 Å². The number of para-hydroxylation sites is 1. The Morgan fingerprint density at radius 1 is 0.960 bits per heavy atom. The number of nitrogens with zero attached hydrogens (tertiary/aromatic N) is 1. The summed E-state index contributed by atoms with van der Waals surface area (Å²) in [6, 6.07) is 10.7. The quantitative estimate of drug-likeness (QED) is 0.785. The maximum Gasteiger partial charge on any atom is 0.243 e. The molecule has 5 nitrogen and oxygen atoms in total. The highest BCUT2D eigenvalue weighted by Gasteiger charge is 2.15. The fourth-order valence-corrected chi connectivity index (χ4v) is 2.04. The van der Waals surface area contributed by atoms with Gasteiger partial charge in [-0.15, -0.1) is 0 Å². The van der Waals surface area contributed by atoms with E-state index in [9.17, 15) is 22.8 Å². The Morgan fingerprint density at radius 3 is 2.32 bits per heavy atom. The number of halogens is 3. The molecular formula is C17H16F3N3O2. The lowest BCUT2D eigenvalue weighted by Gasteiger charge is -2.18. The first-order valence-corrected chi connectivity index (χ1v) is 7.34. The van der Waals surface area contributed by atoms with Crippen LogP contribution in [0.4, 0.5) is 24.5 Å². The van der Waals surface area contributed by atoms with E-state index in [2.05, 4.69) is 10.6 Å². The van der Waals surface area contributed by atoms with Crippen molar-refractivity contribution in [3.63, 3.8) is 0 Å². The van der Waals surface area contributed by atoms with Crippen LogP contribution in [0.25, 0.3) is 0 Å². The van der Waals surface area contributed by atoms with E-state index < -0.39 is 41.5 Å². The molecule has 2 rings (SSSR count). The monoisotopic (exact) mass is 351 g/mol. The molecular weight excluding hydrogens is 335 g/mol. The third kappa shape index (κ3) is 4.97. The number of anilines is 2. The second-order valence-corrected chi connectivity index (χ2v) is 5.24. The van der Waals surface area contributed by atoms with E-state index in [0.717, 1.165) is 11.8 Å². The van der Waals surface area contributed by atoms with Crippen LogP contribution in [0.1, 0.15) is 0 Å². The summed E-state index contributed by atoms with van der Waals surface area (Å²) in [5, 5.41) is 4.44. The summed E-state index contributed by atoms with van der Waals surface area (Å²) in [5.41, 5.74) is 0.325. The standard InChI is InChI=1S/C17H16F3N3O2/c1-23(11-5-3-2-4-6-11)10-15(25)21-9-14(24)22-13-8-7-12(18)16(19)17(13)20/h2-8H,9-10H2,1H3,(H,21,25)(H,22,24). The molecule has 0 aliphatic heterocycles. The van der Waals surface area contributed by atoms with Crippen molar-refractivity contribution >= 4 is 23.2 Å². The molecule has 8 heteroatoms. The number of hydrogen-bond donors (Lipinski definition) is 2. The summed E-state index contributed by atoms with van der Waals surface area (Å²) in [7, 11) is 1.71. The van der Waals surface area contributed by atoms with Gasteiger partial charge in [0.15, 0.2) is 17.5 Å². The van der Waals surface area contributed by atoms with Gasteiger partial charge < -0.3 is 15.5 Å². The highest BCUT2D eigenvalue weighted by atomic mass is 19.2. The normalized spacial score (nSPS) is 10.2. The predicted octanol–water partition coefficient (Wildman–Crippen LogP) is 2.29. The van der Waals surface area contributed by atoms with Crippen molar-refractivity contribution in [3.8, 4) is 0 Å². The summed E-state index contributed by atoms with van der Waals surface area (Å²) in [6.07, 6.45) is 0. The van der Waals surface area contributed by atoms with Gasteiger partial charge in [0.25, 0.3) is 0 Å². The molecule has 0 bridgehead atoms. The molecule has 0 heterocycles. The smallest absolute Gasteiger partial charge is 0.243 e. The fraction of sp³-hybridized carbons (Fsp3) is 0.176. The van der Waals surface area contributed by atoms with Gasteiger partial charge in [-0.05, 0) is 24.3 Å². The van der Waals surface area contributed by atoms with Gasteiger partial charge >= 0.3 is 0 Å². The average molecular weight is 351 g/mol. The summed E-state index contributed by atoms with van der Waals surface area (Å²) < 4.78 is 39.4. The van der Waals surface area contributed by atoms with E-state index in [4.69, 9.17) is 0 Å². The number of amides is 2. The van der Waals surface area contributed by atoms with Gasteiger partial charge in [0.2, 0.25) is 11.8 Å². The maximum absolute atomic E-state index is 13.5. The van der Waals surface area contributed by atoms with Crippen molar-refractivity contribution in [3.05, 3.63) is 59.9 Å². The van der Waals surface area contributed by atoms with E-state index in [1.807, 2.05) is 30.3 Å². The maximum atomic E-state index is 13.5. The fourth-order valence-electron chi connectivity index (χ4n) is 2.04. The molecule has 0 aliphatic rings. The van der Waals surface area contributed by atoms with Gasteiger partial charge in [-0.25, -0.2) is 13.2 Å². The van der Waals surface area contributed by atoms with Crippen molar-refractivity contribution in [1.82, 2.24) is 5.32 Å². The molecule has 25 heavy (non-hydrogen) atoms. The lowest BCUT2D eigenvalue weighted by atomic mass is 10.2. The minimum Gasteiger partial charge on any atom is -0.365 e. The van der Waals surface area contributed by atoms with Gasteiger partial charge in [-0.1, -0.05) is 18.2 Å². The first-order valence-electron chi connectivity index (χ1n) is 7.34. The number of hydrogen-bond acceptors (Lipinski definition) is 3. The number of nitrogens with one attached hydrogen (secondary N) is 2. The van der Waals surface area contributed by atoms with E-state index in [-0.39, 0.29) is 6.54 Å². The molecule has 132 valence electrons. The second kappa shape index (κ2) is 8.18. The van der Waals surface area contributed by atoms with E-state index in [1.54, 1.807) is 11.9 Å². The molecule has 2 N–H and O–H groups in total. The summed E-state index contributed by atoms with van der Waals surface area (Å²) in [6.45, 7) is -0.420. The molecule has 0 fully saturated rings. The Labute approximate surface area is 142 Å². The molecule has 2 amide bonds. The van der Waals surface area contributed by atoms with Crippen molar-refractivity contribution in [2.45, 2.75) is 0 Å². The Balaban J connectivity index is 1.84. The number of carbonyl (C=O) groups excluding carboxylic acids is 2. The Bertz CT molecular complexity index is 769. The van der Waals surface area contributed by atoms with Gasteiger partial charge in [-0.3, -0.25) is 9.59 Å². The SMILES string of the molecule is CN(CC(=O)NCC(=O)Nc1ccc(F)c(F)c1F)c1ccccc1. The van der Waals surface area contributed by atoms with Crippen molar-refractivity contribution in [2.75, 3.05) is 30.4 Å². The topological polar surface area (TPSA) is 61.4 Å². The third-order valence-corrected chi connectivity index (χ3v) is 3.33. The van der Waals surface area contributed by atoms with Crippen molar-refractivity contribution < 1.29 is 22.8 Å². The molecule has 0 aromatic heterocycles. The molecule has 0 radical (unpaired) electrons. The molecule has 0 atom stereocenters. The number of rotatable bonds is 6. The average Bonchev–Trinajstić information content (AvgIpc) is 2.61. The minimum absolute atomic E-state index is 0.0107. The molecule has 0 saturated carbocycles. The van der Waals surface area contributed by atoms with E-state index >= 15 is 0 Å².